The van der Waals surface area contributed by atoms with Crippen LogP contribution in [0.4, 0.5) is 20.2 Å². The first-order valence-electron chi connectivity index (χ1n) is 24.5. The highest BCUT2D eigenvalue weighted by Gasteiger charge is 2.41. The maximum absolute atomic E-state index is 13.3. The first kappa shape index (κ1) is 62.3. The molecule has 78 heavy (non-hydrogen) atoms. The summed E-state index contributed by atoms with van der Waals surface area (Å²) in [7, 11) is 7.84. The number of halogens is 2. The van der Waals surface area contributed by atoms with E-state index in [9.17, 15) is 58.6 Å². The van der Waals surface area contributed by atoms with E-state index in [4.69, 9.17) is 22.6 Å². The normalized spacial score (nSPS) is 13.1. The van der Waals surface area contributed by atoms with Crippen molar-refractivity contribution in [3.8, 4) is 0 Å². The molecule has 0 aromatic heterocycles. The van der Waals surface area contributed by atoms with Crippen LogP contribution in [0.15, 0.2) is 133 Å². The van der Waals surface area contributed by atoms with E-state index in [2.05, 4.69) is 9.69 Å². The van der Waals surface area contributed by atoms with Crippen LogP contribution in [-0.2, 0) is 43.5 Å². The van der Waals surface area contributed by atoms with E-state index in [1.54, 1.807) is 98.8 Å². The van der Waals surface area contributed by atoms with Crippen molar-refractivity contribution in [2.45, 2.75) is 76.2 Å². The summed E-state index contributed by atoms with van der Waals surface area (Å²) < 4.78 is 36.3. The van der Waals surface area contributed by atoms with E-state index in [1.165, 1.54) is 48.5 Å². The summed E-state index contributed by atoms with van der Waals surface area (Å²) in [4.78, 5) is 58.1. The molecule has 6 N–H and O–H groups in total. The Morgan fingerprint density at radius 1 is 0.538 bits per heavy atom. The lowest BCUT2D eigenvalue weighted by Gasteiger charge is -2.32. The van der Waals surface area contributed by atoms with Crippen LogP contribution in [0.3, 0.4) is 0 Å². The maximum atomic E-state index is 13.3. The van der Waals surface area contributed by atoms with E-state index in [0.717, 1.165) is 37.1 Å². The number of carbonyl (C=O) groups excluding carboxylic acids is 2. The Morgan fingerprint density at radius 2 is 0.859 bits per heavy atom. The quantitative estimate of drug-likeness (QED) is 0.0292. The van der Waals surface area contributed by atoms with Gasteiger partial charge in [-0.2, -0.15) is 0 Å². The first-order valence-corrected chi connectivity index (χ1v) is 24.5. The summed E-state index contributed by atoms with van der Waals surface area (Å²) in [6, 6.07) is 33.4. The predicted molar refractivity (Wildman–Crippen MR) is 288 cm³/mol. The monoisotopic (exact) mass is 1070 g/mol. The number of aliphatic hydroxyl groups is 4. The number of carbonyl (C=O) groups is 4. The van der Waals surface area contributed by atoms with Gasteiger partial charge in [0.2, 0.25) is 12.2 Å². The molecule has 0 heterocycles. The molecule has 0 bridgehead atoms. The molecule has 4 atom stereocenters. The number of esters is 2. The predicted octanol–water partition coefficient (Wildman–Crippen LogP) is 9.12. The van der Waals surface area contributed by atoms with Gasteiger partial charge in [0.15, 0.2) is 11.4 Å². The highest BCUT2D eigenvalue weighted by Crippen LogP contribution is 2.39. The lowest BCUT2D eigenvalue weighted by Crippen LogP contribution is -2.45. The smallest absolute Gasteiger partial charge is 0.349 e. The largest absolute Gasteiger partial charge is 0.478 e. The number of rotatable bonds is 21. The van der Waals surface area contributed by atoms with Crippen LogP contribution in [0, 0.1) is 38.6 Å². The molecule has 16 nitrogen and oxygen atoms in total. The highest BCUT2D eigenvalue weighted by molar-refractivity contribution is 5.95. The second kappa shape index (κ2) is 29.4. The third-order valence-corrected chi connectivity index (χ3v) is 12.4. The van der Waals surface area contributed by atoms with Crippen molar-refractivity contribution in [1.82, 2.24) is 9.80 Å². The van der Waals surface area contributed by atoms with Gasteiger partial charge in [0, 0.05) is 0 Å². The van der Waals surface area contributed by atoms with Crippen molar-refractivity contribution in [3.63, 3.8) is 0 Å². The summed E-state index contributed by atoms with van der Waals surface area (Å²) in [6.07, 6.45) is -2.17. The molecule has 0 aliphatic carbocycles. The van der Waals surface area contributed by atoms with Gasteiger partial charge in [0.05, 0.1) is 37.5 Å². The van der Waals surface area contributed by atoms with Gasteiger partial charge >= 0.3 is 23.9 Å². The SMILES string of the molecule is Cc1ccc(C(=O)O[C@H](C(=O)O)[C@H](OC(=O)c2ccc(C)cc2)C(=O)O)cc1.[C-]#[N+]c1ccc([C@](O)(CCCN(C)C)c2ccc(F)cc2)c(CO)c1.[C-]#[N+]c1ccc([C@](O)(CCCN(C)C)c2ccc(F)cc2)c(CO)c1. The molecule has 0 aliphatic heterocycles. The third kappa shape index (κ3) is 17.4. The van der Waals surface area contributed by atoms with Crippen molar-refractivity contribution < 1.29 is 68.1 Å². The van der Waals surface area contributed by atoms with Gasteiger partial charge in [-0.15, -0.1) is 0 Å². The average Bonchev–Trinajstić information content (AvgIpc) is 3.44. The summed E-state index contributed by atoms with van der Waals surface area (Å²) in [6.45, 7) is 18.8. The van der Waals surface area contributed by atoms with Crippen LogP contribution >= 0.6 is 0 Å². The fourth-order valence-corrected chi connectivity index (χ4v) is 8.22. The minimum atomic E-state index is -2.22. The molecule has 6 aromatic rings. The Morgan fingerprint density at radius 3 is 1.13 bits per heavy atom. The Labute approximate surface area is 452 Å². The third-order valence-electron chi connectivity index (χ3n) is 12.4. The summed E-state index contributed by atoms with van der Waals surface area (Å²) in [5, 5.41) is 61.1. The molecule has 0 amide bonds. The summed E-state index contributed by atoms with van der Waals surface area (Å²) >= 11 is 0. The molecule has 6 rings (SSSR count). The number of hydrogen-bond donors (Lipinski definition) is 6. The second-order valence-corrected chi connectivity index (χ2v) is 18.8. The number of ether oxygens (including phenoxy) is 2. The Balaban J connectivity index is 0.000000253. The number of aliphatic hydroxyl groups excluding tert-OH is 2. The fourth-order valence-electron chi connectivity index (χ4n) is 8.22. The number of hydrogen-bond acceptors (Lipinski definition) is 12. The van der Waals surface area contributed by atoms with Gasteiger partial charge in [-0.05, 0) is 163 Å². The number of carboxylic acids is 2. The number of carboxylic acid groups (broad SMARTS) is 2. The minimum absolute atomic E-state index is 0.0332. The first-order chi connectivity index (χ1) is 37.0. The number of nitrogens with zero attached hydrogens (tertiary/aromatic N) is 4. The minimum Gasteiger partial charge on any atom is -0.478 e. The lowest BCUT2D eigenvalue weighted by atomic mass is 9.80. The number of benzene rings is 6. The van der Waals surface area contributed by atoms with Crippen molar-refractivity contribution in [2.24, 2.45) is 0 Å². The number of aryl methyl sites for hydroxylation is 2. The zero-order chi connectivity index (χ0) is 57.7. The maximum Gasteiger partial charge on any atom is 0.349 e. The van der Waals surface area contributed by atoms with Crippen molar-refractivity contribution in [2.75, 3.05) is 41.3 Å². The molecule has 18 heteroatoms. The second-order valence-electron chi connectivity index (χ2n) is 18.8. The van der Waals surface area contributed by atoms with Crippen LogP contribution in [0.1, 0.15) is 90.9 Å². The molecule has 6 aromatic carbocycles. The molecule has 0 aliphatic rings. The van der Waals surface area contributed by atoms with Gasteiger partial charge in [-0.1, -0.05) is 96.1 Å². The Bertz CT molecular complexity index is 2840. The molecule has 0 saturated carbocycles. The summed E-state index contributed by atoms with van der Waals surface area (Å²) in [5.41, 5.74) is 3.13. The van der Waals surface area contributed by atoms with Gasteiger partial charge in [-0.25, -0.2) is 37.6 Å². The standard InChI is InChI=1S/2C20H23FN2O2.C20H18O8/c2*1-22-18-9-10-19(15(13-18)14-24)20(25,11-4-12-23(2)3)16-5-7-17(21)8-6-16;1-11-3-7-13(8-4-11)19(25)27-15(17(21)22)16(18(23)24)28-20(26)14-9-5-12(2)6-10-14/h2*5-10,13,24-25H,4,11-12,14H2,2-3H3;3-10,15-16H,1-2H3,(H,21,22)(H,23,24)/t2*20-;15-,16-/m000/s1. The molecule has 410 valence electrons. The van der Waals surface area contributed by atoms with Crippen LogP contribution in [0.5, 0.6) is 0 Å². The molecular weight excluding hydrogens is 1010 g/mol. The zero-order valence-electron chi connectivity index (χ0n) is 44.2. The van der Waals surface area contributed by atoms with Crippen molar-refractivity contribution in [1.29, 1.82) is 0 Å². The zero-order valence-corrected chi connectivity index (χ0v) is 44.2. The molecule has 0 spiro atoms. The highest BCUT2D eigenvalue weighted by atomic mass is 19.1. The average molecular weight is 1070 g/mol. The van der Waals surface area contributed by atoms with Crippen LogP contribution in [0.25, 0.3) is 9.69 Å². The molecule has 0 fully saturated rings. The van der Waals surface area contributed by atoms with Crippen molar-refractivity contribution >= 4 is 35.3 Å². The Kier molecular flexibility index (Phi) is 23.5. The van der Waals surface area contributed by atoms with E-state index in [0.29, 0.717) is 57.6 Å². The van der Waals surface area contributed by atoms with Gasteiger partial charge < -0.3 is 49.9 Å². The topological polar surface area (TPSA) is 223 Å². The lowest BCUT2D eigenvalue weighted by molar-refractivity contribution is -0.166. The van der Waals surface area contributed by atoms with Crippen molar-refractivity contribution in [3.05, 3.63) is 224 Å². The molecule has 0 saturated heterocycles. The van der Waals surface area contributed by atoms with Crippen LogP contribution < -0.4 is 0 Å². The van der Waals surface area contributed by atoms with Crippen LogP contribution in [0.2, 0.25) is 0 Å². The van der Waals surface area contributed by atoms with E-state index in [-0.39, 0.29) is 36.0 Å². The van der Waals surface area contributed by atoms with E-state index in [1.807, 2.05) is 38.0 Å². The van der Waals surface area contributed by atoms with Crippen LogP contribution in [-0.4, -0.2) is 118 Å². The molecule has 0 radical (unpaired) electrons. The fraction of sp³-hybridized carbons (Fsp3) is 0.300. The van der Waals surface area contributed by atoms with E-state index >= 15 is 0 Å². The van der Waals surface area contributed by atoms with Gasteiger partial charge in [0.25, 0.3) is 0 Å². The number of aliphatic carboxylic acids is 2. The van der Waals surface area contributed by atoms with E-state index < -0.39 is 47.3 Å². The molecule has 0 unspecified atom stereocenters. The molecular formula is C60H64F2N4O12. The summed E-state index contributed by atoms with van der Waals surface area (Å²) in [5.74, 6) is -6.36. The van der Waals surface area contributed by atoms with Gasteiger partial charge in [-0.3, -0.25) is 0 Å². The van der Waals surface area contributed by atoms with Gasteiger partial charge in [0.1, 0.15) is 22.8 Å². The Hall–Kier alpha value is -8.20.